The molecule has 0 radical (unpaired) electrons. The molecule has 2 rings (SSSR count). The fourth-order valence-electron chi connectivity index (χ4n) is 2.40. The van der Waals surface area contributed by atoms with E-state index in [0.717, 1.165) is 11.3 Å². The topological polar surface area (TPSA) is 99.9 Å². The van der Waals surface area contributed by atoms with E-state index in [0.29, 0.717) is 23.7 Å². The number of hydrogen-bond donors (Lipinski definition) is 1. The van der Waals surface area contributed by atoms with Crippen LogP contribution >= 0.6 is 0 Å². The molecule has 0 bridgehead atoms. The molecule has 8 nitrogen and oxygen atoms in total. The van der Waals surface area contributed by atoms with Gasteiger partial charge in [0.2, 0.25) is 0 Å². The SMILES string of the molecule is COC[C@@H](C)NC(=O)COC(=O)c1cccc(OCc2c(C)noc2C)c1. The van der Waals surface area contributed by atoms with Crippen LogP contribution in [0.3, 0.4) is 0 Å². The number of amides is 1. The summed E-state index contributed by atoms with van der Waals surface area (Å²) in [4.78, 5) is 23.9. The molecule has 0 aliphatic rings. The van der Waals surface area contributed by atoms with Gasteiger partial charge in [0.25, 0.3) is 5.91 Å². The Labute approximate surface area is 157 Å². The summed E-state index contributed by atoms with van der Waals surface area (Å²) in [5, 5.41) is 6.54. The van der Waals surface area contributed by atoms with Crippen molar-refractivity contribution in [3.63, 3.8) is 0 Å². The summed E-state index contributed by atoms with van der Waals surface area (Å²) < 4.78 is 20.8. The first-order valence-electron chi connectivity index (χ1n) is 8.50. The molecule has 1 aromatic carbocycles. The Morgan fingerprint density at radius 2 is 2.07 bits per heavy atom. The number of carbonyl (C=O) groups is 2. The van der Waals surface area contributed by atoms with Gasteiger partial charge in [0.15, 0.2) is 6.61 Å². The van der Waals surface area contributed by atoms with Crippen LogP contribution in [-0.4, -0.2) is 43.4 Å². The fraction of sp³-hybridized carbons (Fsp3) is 0.421. The minimum Gasteiger partial charge on any atom is -0.489 e. The fourth-order valence-corrected chi connectivity index (χ4v) is 2.40. The maximum atomic E-state index is 12.1. The number of carbonyl (C=O) groups excluding carboxylic acids is 2. The number of aryl methyl sites for hydroxylation is 2. The Morgan fingerprint density at radius 1 is 1.30 bits per heavy atom. The minimum absolute atomic E-state index is 0.165. The van der Waals surface area contributed by atoms with E-state index in [1.165, 1.54) is 0 Å². The van der Waals surface area contributed by atoms with E-state index in [1.54, 1.807) is 38.3 Å². The standard InChI is InChI=1S/C19H24N2O6/c1-12(9-24-4)20-18(22)11-26-19(23)15-6-5-7-16(8-15)25-10-17-13(2)21-27-14(17)3/h5-8,12H,9-11H2,1-4H3,(H,20,22)/t12-/m1/s1. The number of esters is 1. The lowest BCUT2D eigenvalue weighted by molar-refractivity contribution is -0.125. The van der Waals surface area contributed by atoms with Gasteiger partial charge in [-0.2, -0.15) is 0 Å². The number of rotatable bonds is 9. The monoisotopic (exact) mass is 376 g/mol. The van der Waals surface area contributed by atoms with Crippen molar-refractivity contribution in [2.75, 3.05) is 20.3 Å². The molecule has 0 unspecified atom stereocenters. The van der Waals surface area contributed by atoms with Crippen LogP contribution in [-0.2, 0) is 20.9 Å². The zero-order chi connectivity index (χ0) is 19.8. The van der Waals surface area contributed by atoms with Gasteiger partial charge in [-0.15, -0.1) is 0 Å². The van der Waals surface area contributed by atoms with Crippen LogP contribution in [0.4, 0.5) is 0 Å². The highest BCUT2D eigenvalue weighted by Crippen LogP contribution is 2.19. The van der Waals surface area contributed by atoms with Gasteiger partial charge in [0.05, 0.1) is 23.4 Å². The third-order valence-corrected chi connectivity index (χ3v) is 3.79. The molecule has 1 N–H and O–H groups in total. The summed E-state index contributed by atoms with van der Waals surface area (Å²) in [5.74, 6) is 0.199. The number of aromatic nitrogens is 1. The van der Waals surface area contributed by atoms with Gasteiger partial charge >= 0.3 is 5.97 Å². The van der Waals surface area contributed by atoms with E-state index in [9.17, 15) is 9.59 Å². The Balaban J connectivity index is 1.88. The first-order chi connectivity index (χ1) is 12.9. The van der Waals surface area contributed by atoms with Crippen molar-refractivity contribution in [1.82, 2.24) is 10.5 Å². The lowest BCUT2D eigenvalue weighted by Gasteiger charge is -2.13. The average molecular weight is 376 g/mol. The molecule has 2 aromatic rings. The maximum Gasteiger partial charge on any atom is 0.338 e. The van der Waals surface area contributed by atoms with Crippen LogP contribution in [0.15, 0.2) is 28.8 Å². The second-order valence-corrected chi connectivity index (χ2v) is 6.12. The van der Waals surface area contributed by atoms with E-state index in [4.69, 9.17) is 18.7 Å². The third kappa shape index (κ3) is 6.10. The molecule has 8 heteroatoms. The molecule has 1 heterocycles. The molecular weight excluding hydrogens is 352 g/mol. The van der Waals surface area contributed by atoms with Crippen LogP contribution < -0.4 is 10.1 Å². The number of methoxy groups -OCH3 is 1. The lowest BCUT2D eigenvalue weighted by Crippen LogP contribution is -2.38. The summed E-state index contributed by atoms with van der Waals surface area (Å²) >= 11 is 0. The molecule has 0 aliphatic heterocycles. The predicted octanol–water partition coefficient (Wildman–Crippen LogP) is 2.18. The highest BCUT2D eigenvalue weighted by molar-refractivity contribution is 5.91. The number of hydrogen-bond acceptors (Lipinski definition) is 7. The molecular formula is C19H24N2O6. The summed E-state index contributed by atoms with van der Waals surface area (Å²) in [7, 11) is 1.55. The van der Waals surface area contributed by atoms with Gasteiger partial charge < -0.3 is 24.1 Å². The first kappa shape index (κ1) is 20.4. The third-order valence-electron chi connectivity index (χ3n) is 3.79. The Bertz CT molecular complexity index is 767. The smallest absolute Gasteiger partial charge is 0.338 e. The normalized spacial score (nSPS) is 11.7. The number of nitrogens with one attached hydrogen (secondary N) is 1. The van der Waals surface area contributed by atoms with Crippen LogP contribution in [0.1, 0.15) is 34.3 Å². The summed E-state index contributed by atoms with van der Waals surface area (Å²) in [6.45, 7) is 5.73. The zero-order valence-electron chi connectivity index (χ0n) is 15.9. The van der Waals surface area contributed by atoms with E-state index in [1.807, 2.05) is 13.8 Å². The van der Waals surface area contributed by atoms with Gasteiger partial charge in [0, 0.05) is 13.2 Å². The highest BCUT2D eigenvalue weighted by atomic mass is 16.5. The summed E-state index contributed by atoms with van der Waals surface area (Å²) in [6.07, 6.45) is 0. The van der Waals surface area contributed by atoms with Crippen LogP contribution in [0, 0.1) is 13.8 Å². The minimum atomic E-state index is -0.604. The largest absolute Gasteiger partial charge is 0.489 e. The molecule has 0 saturated carbocycles. The van der Waals surface area contributed by atoms with E-state index in [2.05, 4.69) is 10.5 Å². The molecule has 1 atom stereocenters. The molecule has 1 aromatic heterocycles. The number of ether oxygens (including phenoxy) is 3. The molecule has 0 aliphatic carbocycles. The summed E-state index contributed by atoms with van der Waals surface area (Å²) in [6, 6.07) is 6.40. The van der Waals surface area contributed by atoms with Gasteiger partial charge in [0.1, 0.15) is 18.1 Å². The number of nitrogens with zero attached hydrogens (tertiary/aromatic N) is 1. The van der Waals surface area contributed by atoms with Crippen LogP contribution in [0.25, 0.3) is 0 Å². The van der Waals surface area contributed by atoms with Crippen molar-refractivity contribution in [2.45, 2.75) is 33.4 Å². The van der Waals surface area contributed by atoms with Gasteiger partial charge in [-0.25, -0.2) is 4.79 Å². The zero-order valence-corrected chi connectivity index (χ0v) is 15.9. The highest BCUT2D eigenvalue weighted by Gasteiger charge is 2.14. The Kier molecular flexibility index (Phi) is 7.36. The Hall–Kier alpha value is -2.87. The van der Waals surface area contributed by atoms with Crippen molar-refractivity contribution in [3.05, 3.63) is 46.8 Å². The lowest BCUT2D eigenvalue weighted by atomic mass is 10.2. The van der Waals surface area contributed by atoms with Gasteiger partial charge in [-0.3, -0.25) is 4.79 Å². The van der Waals surface area contributed by atoms with Crippen molar-refractivity contribution >= 4 is 11.9 Å². The second kappa shape index (κ2) is 9.72. The summed E-state index contributed by atoms with van der Waals surface area (Å²) in [5.41, 5.74) is 1.92. The maximum absolute atomic E-state index is 12.1. The molecule has 146 valence electrons. The predicted molar refractivity (Wildman–Crippen MR) is 96.5 cm³/mol. The average Bonchev–Trinajstić information content (AvgIpc) is 2.96. The number of benzene rings is 1. The van der Waals surface area contributed by atoms with Gasteiger partial charge in [-0.05, 0) is 39.0 Å². The molecule has 27 heavy (non-hydrogen) atoms. The van der Waals surface area contributed by atoms with E-state index in [-0.39, 0.29) is 19.3 Å². The molecule has 0 spiro atoms. The van der Waals surface area contributed by atoms with Gasteiger partial charge in [-0.1, -0.05) is 11.2 Å². The molecule has 1 amide bonds. The van der Waals surface area contributed by atoms with Crippen molar-refractivity contribution in [2.24, 2.45) is 0 Å². The quantitative estimate of drug-likeness (QED) is 0.670. The molecule has 0 saturated heterocycles. The molecule has 0 fully saturated rings. The van der Waals surface area contributed by atoms with Crippen LogP contribution in [0.5, 0.6) is 5.75 Å². The van der Waals surface area contributed by atoms with Crippen molar-refractivity contribution in [3.8, 4) is 5.75 Å². The second-order valence-electron chi connectivity index (χ2n) is 6.12. The van der Waals surface area contributed by atoms with E-state index < -0.39 is 11.9 Å². The first-order valence-corrected chi connectivity index (χ1v) is 8.50. The Morgan fingerprint density at radius 3 is 2.74 bits per heavy atom. The van der Waals surface area contributed by atoms with Crippen molar-refractivity contribution < 1.29 is 28.3 Å². The van der Waals surface area contributed by atoms with E-state index >= 15 is 0 Å². The van der Waals surface area contributed by atoms with Crippen molar-refractivity contribution in [1.29, 1.82) is 0 Å². The van der Waals surface area contributed by atoms with Crippen LogP contribution in [0.2, 0.25) is 0 Å².